The molecule has 0 fully saturated rings. The average molecular weight is 443 g/mol. The number of anilines is 1. The maximum absolute atomic E-state index is 14.3. The molecule has 0 saturated carbocycles. The molecule has 0 amide bonds. The van der Waals surface area contributed by atoms with Crippen molar-refractivity contribution >= 4 is 21.7 Å². The van der Waals surface area contributed by atoms with Crippen LogP contribution in [0.1, 0.15) is 17.2 Å². The summed E-state index contributed by atoms with van der Waals surface area (Å²) in [6, 6.07) is 16.4. The van der Waals surface area contributed by atoms with Crippen molar-refractivity contribution in [2.75, 3.05) is 5.06 Å². The first-order valence-electron chi connectivity index (χ1n) is 8.75. The number of benzene rings is 3. The van der Waals surface area contributed by atoms with E-state index in [2.05, 4.69) is 0 Å². The van der Waals surface area contributed by atoms with Crippen LogP contribution in [0.5, 0.6) is 0 Å². The molecular formula is C21H15F6NOS. The molecule has 1 heterocycles. The first-order chi connectivity index (χ1) is 13.9. The minimum Gasteiger partial charge on any atom is -0.377 e. The van der Waals surface area contributed by atoms with Gasteiger partial charge in [-0.15, -0.1) is 0 Å². The van der Waals surface area contributed by atoms with Crippen LogP contribution in [0, 0.1) is 5.82 Å². The number of halogens is 6. The van der Waals surface area contributed by atoms with E-state index in [1.165, 1.54) is 36.4 Å². The molecule has 1 unspecified atom stereocenters. The Hall–Kier alpha value is -3.07. The van der Waals surface area contributed by atoms with Crippen LogP contribution in [0.2, 0.25) is 0 Å². The zero-order chi connectivity index (χ0) is 21.6. The molecule has 30 heavy (non-hydrogen) atoms. The van der Waals surface area contributed by atoms with E-state index in [0.717, 1.165) is 29.3 Å². The molecule has 0 N–H and O–H groups in total. The van der Waals surface area contributed by atoms with Crippen molar-refractivity contribution in [3.63, 3.8) is 0 Å². The second-order valence-corrected chi connectivity index (χ2v) is 9.11. The van der Waals surface area contributed by atoms with Gasteiger partial charge in [-0.25, -0.2) is 4.39 Å². The summed E-state index contributed by atoms with van der Waals surface area (Å²) in [6.45, 7) is 0. The fourth-order valence-electron chi connectivity index (χ4n) is 3.31. The van der Waals surface area contributed by atoms with E-state index in [9.17, 15) is 23.8 Å². The standard InChI is InChI=1S/C21H15F6NOS/c22-17-13-11-15(12-14-17)19-21(30(23,24,25,26)27)20(16-7-3-1-4-8-16)29-28(19)18-9-5-2-6-10-18/h1-14,19H. The van der Waals surface area contributed by atoms with Gasteiger partial charge in [0.05, 0.1) is 5.69 Å². The molecule has 0 bridgehead atoms. The predicted molar refractivity (Wildman–Crippen MR) is 106 cm³/mol. The number of hydrogen-bond donors (Lipinski definition) is 0. The van der Waals surface area contributed by atoms with Gasteiger partial charge in [-0.05, 0) is 29.8 Å². The van der Waals surface area contributed by atoms with Crippen LogP contribution < -0.4 is 5.06 Å². The fraction of sp³-hybridized carbons (Fsp3) is 0.0476. The van der Waals surface area contributed by atoms with Crippen LogP contribution >= 0.6 is 10.2 Å². The molecule has 2 nitrogen and oxygen atoms in total. The van der Waals surface area contributed by atoms with Gasteiger partial charge in [0.1, 0.15) is 11.9 Å². The largest absolute Gasteiger partial charge is 0.377 e. The van der Waals surface area contributed by atoms with Crippen molar-refractivity contribution in [3.8, 4) is 0 Å². The third kappa shape index (κ3) is 3.85. The van der Waals surface area contributed by atoms with Crippen molar-refractivity contribution < 1.29 is 28.7 Å². The number of rotatable bonds is 4. The third-order valence-electron chi connectivity index (χ3n) is 4.54. The number of para-hydroxylation sites is 1. The van der Waals surface area contributed by atoms with Crippen molar-refractivity contribution in [1.29, 1.82) is 0 Å². The lowest BCUT2D eigenvalue weighted by Crippen LogP contribution is -2.26. The molecule has 0 radical (unpaired) electrons. The first kappa shape index (κ1) is 20.2. The highest BCUT2D eigenvalue weighted by atomic mass is 32.5. The van der Waals surface area contributed by atoms with E-state index < -0.39 is 32.7 Å². The molecular weight excluding hydrogens is 428 g/mol. The SMILES string of the molecule is Fc1ccc(C2C(S(F)(F)(F)(F)F)=C(c3ccccc3)ON2c2ccccc2)cc1. The smallest absolute Gasteiger partial charge is 0.312 e. The highest BCUT2D eigenvalue weighted by Gasteiger charge is 2.73. The molecule has 4 rings (SSSR count). The Morgan fingerprint density at radius 1 is 0.700 bits per heavy atom. The minimum atomic E-state index is -10.2. The van der Waals surface area contributed by atoms with E-state index in [4.69, 9.17) is 4.84 Å². The zero-order valence-corrected chi connectivity index (χ0v) is 16.0. The molecule has 0 aliphatic carbocycles. The van der Waals surface area contributed by atoms with E-state index in [1.807, 2.05) is 0 Å². The third-order valence-corrected chi connectivity index (χ3v) is 5.78. The molecule has 9 heteroatoms. The molecule has 0 spiro atoms. The lowest BCUT2D eigenvalue weighted by molar-refractivity contribution is 0.246. The summed E-state index contributed by atoms with van der Waals surface area (Å²) >= 11 is 0. The minimum absolute atomic E-state index is 0.136. The maximum atomic E-state index is 14.3. The normalized spacial score (nSPS) is 19.3. The van der Waals surface area contributed by atoms with E-state index >= 15 is 0 Å². The molecule has 3 aromatic rings. The quantitative estimate of drug-likeness (QED) is 0.379. The summed E-state index contributed by atoms with van der Waals surface area (Å²) in [7, 11) is -10.2. The summed E-state index contributed by atoms with van der Waals surface area (Å²) in [5, 5.41) is 0.781. The van der Waals surface area contributed by atoms with Gasteiger partial charge in [0, 0.05) is 5.56 Å². The van der Waals surface area contributed by atoms with Crippen LogP contribution in [0.3, 0.4) is 0 Å². The van der Waals surface area contributed by atoms with Crippen molar-refractivity contribution in [1.82, 2.24) is 0 Å². The summed E-state index contributed by atoms with van der Waals surface area (Å²) in [5.74, 6) is -1.68. The number of nitrogens with zero attached hydrogens (tertiary/aromatic N) is 1. The first-order valence-corrected chi connectivity index (χ1v) is 10.7. The average Bonchev–Trinajstić information content (AvgIpc) is 3.11. The Morgan fingerprint density at radius 2 is 1.23 bits per heavy atom. The van der Waals surface area contributed by atoms with Gasteiger partial charge in [0.2, 0.25) is 0 Å². The zero-order valence-electron chi connectivity index (χ0n) is 15.2. The van der Waals surface area contributed by atoms with E-state index in [-0.39, 0.29) is 16.8 Å². The van der Waals surface area contributed by atoms with Crippen LogP contribution in [0.15, 0.2) is 89.8 Å². The summed E-state index contributed by atoms with van der Waals surface area (Å²) in [5.41, 5.74) is -0.196. The van der Waals surface area contributed by atoms with Crippen LogP contribution in [0.4, 0.5) is 29.5 Å². The Labute approximate surface area is 168 Å². The topological polar surface area (TPSA) is 12.5 Å². The molecule has 0 aromatic heterocycles. The lowest BCUT2D eigenvalue weighted by atomic mass is 10.0. The van der Waals surface area contributed by atoms with Crippen molar-refractivity contribution in [2.24, 2.45) is 0 Å². The molecule has 3 aromatic carbocycles. The fourth-order valence-corrected chi connectivity index (χ4v) is 4.47. The molecule has 1 aliphatic heterocycles. The summed E-state index contributed by atoms with van der Waals surface area (Å²) in [4.78, 5) is 3.38. The second-order valence-electron chi connectivity index (χ2n) is 6.74. The van der Waals surface area contributed by atoms with Crippen LogP contribution in [0.25, 0.3) is 5.76 Å². The number of hydroxylamine groups is 1. The van der Waals surface area contributed by atoms with Crippen molar-refractivity contribution in [2.45, 2.75) is 6.04 Å². The monoisotopic (exact) mass is 443 g/mol. The highest BCUT2D eigenvalue weighted by molar-refractivity contribution is 8.48. The maximum Gasteiger partial charge on any atom is 0.312 e. The predicted octanol–water partition coefficient (Wildman–Crippen LogP) is 7.99. The van der Waals surface area contributed by atoms with Crippen molar-refractivity contribution in [3.05, 3.63) is 107 Å². The molecule has 1 aliphatic rings. The summed E-state index contributed by atoms with van der Waals surface area (Å²) in [6.07, 6.45) is 0. The van der Waals surface area contributed by atoms with E-state index in [1.54, 1.807) is 24.3 Å². The van der Waals surface area contributed by atoms with Gasteiger partial charge in [-0.3, -0.25) is 0 Å². The lowest BCUT2D eigenvalue weighted by Gasteiger charge is -2.43. The van der Waals surface area contributed by atoms with Gasteiger partial charge in [-0.2, -0.15) is 5.06 Å². The van der Waals surface area contributed by atoms with Gasteiger partial charge in [-0.1, -0.05) is 80.1 Å². The van der Waals surface area contributed by atoms with Crippen LogP contribution in [-0.2, 0) is 4.84 Å². The van der Waals surface area contributed by atoms with Crippen LogP contribution in [-0.4, -0.2) is 0 Å². The number of hydrogen-bond acceptors (Lipinski definition) is 2. The van der Waals surface area contributed by atoms with Gasteiger partial charge in [0.15, 0.2) is 10.7 Å². The molecule has 0 saturated heterocycles. The highest BCUT2D eigenvalue weighted by Crippen LogP contribution is 3.04. The second kappa shape index (κ2) is 6.21. The van der Waals surface area contributed by atoms with Gasteiger partial charge < -0.3 is 4.84 Å². The van der Waals surface area contributed by atoms with Gasteiger partial charge >= 0.3 is 10.2 Å². The van der Waals surface area contributed by atoms with Gasteiger partial charge in [0.25, 0.3) is 0 Å². The molecule has 1 atom stereocenters. The Kier molecular flexibility index (Phi) is 4.19. The Morgan fingerprint density at radius 3 is 1.77 bits per heavy atom. The van der Waals surface area contributed by atoms with E-state index in [0.29, 0.717) is 0 Å². The Bertz CT molecular complexity index is 1100. The Balaban J connectivity index is 2.02. The molecule has 158 valence electrons. The summed E-state index contributed by atoms with van der Waals surface area (Å²) < 4.78 is 85.0.